The zero-order valence-electron chi connectivity index (χ0n) is 9.57. The van der Waals surface area contributed by atoms with Gasteiger partial charge < -0.3 is 19.3 Å². The number of ether oxygens (including phenoxy) is 3. The summed E-state index contributed by atoms with van der Waals surface area (Å²) >= 11 is 0. The van der Waals surface area contributed by atoms with Crippen molar-refractivity contribution in [2.45, 2.75) is 33.7 Å². The summed E-state index contributed by atoms with van der Waals surface area (Å²) in [6.07, 6.45) is 0.681. The first kappa shape index (κ1) is 13.9. The molecule has 0 saturated heterocycles. The van der Waals surface area contributed by atoms with Gasteiger partial charge in [0.15, 0.2) is 0 Å². The molecule has 0 aliphatic rings. The monoisotopic (exact) mass is 218 g/mol. The summed E-state index contributed by atoms with van der Waals surface area (Å²) in [5, 5.41) is 8.62. The molecule has 1 N–H and O–H groups in total. The minimum Gasteiger partial charge on any atom is -0.515 e. The number of esters is 1. The van der Waals surface area contributed by atoms with E-state index in [2.05, 4.69) is 0 Å². The van der Waals surface area contributed by atoms with Gasteiger partial charge in [0.1, 0.15) is 0 Å². The second-order valence-electron chi connectivity index (χ2n) is 2.93. The molecular formula is C10H18O5. The van der Waals surface area contributed by atoms with Crippen LogP contribution in [0.3, 0.4) is 0 Å². The van der Waals surface area contributed by atoms with E-state index in [1.165, 1.54) is 13.8 Å². The minimum absolute atomic E-state index is 0.0839. The standard InChI is InChI=1S/C10H18O5/c1-5-13-10(4,14-6-2)15-9(12)8(3)7-11/h7,11H,5-6H2,1-4H3/b8-7+. The van der Waals surface area contributed by atoms with Crippen LogP contribution < -0.4 is 0 Å². The maximum Gasteiger partial charge on any atom is 0.341 e. The molecule has 15 heavy (non-hydrogen) atoms. The van der Waals surface area contributed by atoms with Crippen molar-refractivity contribution in [3.63, 3.8) is 0 Å². The van der Waals surface area contributed by atoms with Crippen molar-refractivity contribution in [1.82, 2.24) is 0 Å². The highest BCUT2D eigenvalue weighted by Crippen LogP contribution is 2.16. The Labute approximate surface area is 89.6 Å². The van der Waals surface area contributed by atoms with E-state index in [-0.39, 0.29) is 5.57 Å². The molecular weight excluding hydrogens is 200 g/mol. The molecule has 0 heterocycles. The van der Waals surface area contributed by atoms with Gasteiger partial charge in [0.25, 0.3) is 0 Å². The van der Waals surface area contributed by atoms with Gasteiger partial charge in [-0.15, -0.1) is 0 Å². The van der Waals surface area contributed by atoms with Gasteiger partial charge in [-0.2, -0.15) is 0 Å². The molecule has 0 aromatic rings. The first-order valence-electron chi connectivity index (χ1n) is 4.81. The lowest BCUT2D eigenvalue weighted by molar-refractivity contribution is -0.348. The quantitative estimate of drug-likeness (QED) is 0.318. The maximum atomic E-state index is 11.3. The third-order valence-corrected chi connectivity index (χ3v) is 1.61. The Bertz CT molecular complexity index is 228. The Morgan fingerprint density at radius 2 is 1.80 bits per heavy atom. The van der Waals surface area contributed by atoms with Crippen molar-refractivity contribution >= 4 is 5.97 Å². The molecule has 5 nitrogen and oxygen atoms in total. The fraction of sp³-hybridized carbons (Fsp3) is 0.700. The predicted molar refractivity (Wildman–Crippen MR) is 54.1 cm³/mol. The van der Waals surface area contributed by atoms with Crippen LogP contribution in [0.2, 0.25) is 0 Å². The first-order valence-corrected chi connectivity index (χ1v) is 4.81. The zero-order valence-corrected chi connectivity index (χ0v) is 9.57. The lowest BCUT2D eigenvalue weighted by Gasteiger charge is -2.28. The summed E-state index contributed by atoms with van der Waals surface area (Å²) in [4.78, 5) is 11.3. The van der Waals surface area contributed by atoms with E-state index in [0.717, 1.165) is 0 Å². The number of aliphatic hydroxyl groups is 1. The number of hydrogen-bond donors (Lipinski definition) is 1. The summed E-state index contributed by atoms with van der Waals surface area (Å²) in [5.41, 5.74) is 0.0839. The van der Waals surface area contributed by atoms with Crippen LogP contribution in [0.4, 0.5) is 0 Å². The van der Waals surface area contributed by atoms with Crippen molar-refractivity contribution in [3.8, 4) is 0 Å². The van der Waals surface area contributed by atoms with Crippen molar-refractivity contribution in [2.24, 2.45) is 0 Å². The largest absolute Gasteiger partial charge is 0.515 e. The summed E-state index contributed by atoms with van der Waals surface area (Å²) in [5.74, 6) is -2.08. The molecule has 0 amide bonds. The van der Waals surface area contributed by atoms with Crippen LogP contribution in [0.25, 0.3) is 0 Å². The molecule has 0 radical (unpaired) electrons. The van der Waals surface area contributed by atoms with Crippen molar-refractivity contribution in [1.29, 1.82) is 0 Å². The highest BCUT2D eigenvalue weighted by atomic mass is 16.9. The van der Waals surface area contributed by atoms with E-state index in [4.69, 9.17) is 19.3 Å². The summed E-state index contributed by atoms with van der Waals surface area (Å²) < 4.78 is 15.3. The maximum absolute atomic E-state index is 11.3. The average Bonchev–Trinajstić information content (AvgIpc) is 2.16. The molecule has 0 bridgehead atoms. The van der Waals surface area contributed by atoms with E-state index in [1.54, 1.807) is 13.8 Å². The second-order valence-corrected chi connectivity index (χ2v) is 2.93. The fourth-order valence-electron chi connectivity index (χ4n) is 0.927. The third kappa shape index (κ3) is 4.80. The Hall–Kier alpha value is -1.07. The molecule has 0 aromatic heterocycles. The Kier molecular flexibility index (Phi) is 5.96. The molecule has 88 valence electrons. The first-order chi connectivity index (χ1) is 6.99. The van der Waals surface area contributed by atoms with Crippen LogP contribution in [0.1, 0.15) is 27.7 Å². The van der Waals surface area contributed by atoms with E-state index >= 15 is 0 Å². The third-order valence-electron chi connectivity index (χ3n) is 1.61. The molecule has 0 spiro atoms. The smallest absolute Gasteiger partial charge is 0.341 e. The van der Waals surface area contributed by atoms with Gasteiger partial charge in [-0.05, 0) is 20.8 Å². The number of hydrogen-bond acceptors (Lipinski definition) is 5. The van der Waals surface area contributed by atoms with Gasteiger partial charge in [0, 0.05) is 6.92 Å². The number of carbonyl (C=O) groups excluding carboxylic acids is 1. The van der Waals surface area contributed by atoms with E-state index in [9.17, 15) is 4.79 Å². The highest BCUT2D eigenvalue weighted by Gasteiger charge is 2.30. The van der Waals surface area contributed by atoms with E-state index in [0.29, 0.717) is 19.5 Å². The molecule has 5 heteroatoms. The summed E-state index contributed by atoms with van der Waals surface area (Å²) in [6, 6.07) is 0. The summed E-state index contributed by atoms with van der Waals surface area (Å²) in [6.45, 7) is 7.17. The lowest BCUT2D eigenvalue weighted by Crippen LogP contribution is -2.38. The van der Waals surface area contributed by atoms with Crippen LogP contribution in [-0.4, -0.2) is 30.3 Å². The van der Waals surface area contributed by atoms with E-state index < -0.39 is 11.9 Å². The van der Waals surface area contributed by atoms with Gasteiger partial charge in [-0.1, -0.05) is 0 Å². The second kappa shape index (κ2) is 6.42. The topological polar surface area (TPSA) is 65.0 Å². The molecule has 0 aliphatic carbocycles. The predicted octanol–water partition coefficient (Wildman–Crippen LogP) is 1.74. The Balaban J connectivity index is 4.46. The van der Waals surface area contributed by atoms with Gasteiger partial charge in [-0.3, -0.25) is 0 Å². The fourth-order valence-corrected chi connectivity index (χ4v) is 0.927. The van der Waals surface area contributed by atoms with Gasteiger partial charge in [-0.25, -0.2) is 4.79 Å². The molecule has 0 unspecified atom stereocenters. The van der Waals surface area contributed by atoms with Crippen LogP contribution >= 0.6 is 0 Å². The Morgan fingerprint density at radius 1 is 1.33 bits per heavy atom. The Morgan fingerprint density at radius 3 is 2.13 bits per heavy atom. The molecule has 0 aromatic carbocycles. The molecule has 0 atom stereocenters. The van der Waals surface area contributed by atoms with Crippen molar-refractivity contribution in [2.75, 3.05) is 13.2 Å². The number of aliphatic hydroxyl groups excluding tert-OH is 1. The molecule has 0 saturated carbocycles. The van der Waals surface area contributed by atoms with Gasteiger partial charge in [0.2, 0.25) is 0 Å². The van der Waals surface area contributed by atoms with Crippen LogP contribution in [-0.2, 0) is 19.0 Å². The SMILES string of the molecule is CCOC(C)(OCC)OC(=O)/C(C)=C/O. The van der Waals surface area contributed by atoms with Crippen LogP contribution in [0, 0.1) is 0 Å². The van der Waals surface area contributed by atoms with Crippen molar-refractivity contribution < 1.29 is 24.1 Å². The van der Waals surface area contributed by atoms with Crippen LogP contribution in [0.15, 0.2) is 11.8 Å². The number of rotatable bonds is 6. The zero-order chi connectivity index (χ0) is 11.9. The van der Waals surface area contributed by atoms with E-state index in [1.807, 2.05) is 0 Å². The molecule has 0 rings (SSSR count). The van der Waals surface area contributed by atoms with Crippen LogP contribution in [0.5, 0.6) is 0 Å². The molecule has 0 aliphatic heterocycles. The van der Waals surface area contributed by atoms with Crippen molar-refractivity contribution in [3.05, 3.63) is 11.8 Å². The average molecular weight is 218 g/mol. The lowest BCUT2D eigenvalue weighted by atomic mass is 10.3. The highest BCUT2D eigenvalue weighted by molar-refractivity contribution is 5.87. The van der Waals surface area contributed by atoms with Gasteiger partial charge in [0.05, 0.1) is 25.0 Å². The molecule has 0 fully saturated rings. The minimum atomic E-state index is -1.40. The van der Waals surface area contributed by atoms with Gasteiger partial charge >= 0.3 is 11.9 Å². The normalized spacial score (nSPS) is 12.7. The summed E-state index contributed by atoms with van der Waals surface area (Å²) in [7, 11) is 0. The number of carbonyl (C=O) groups is 1.